The van der Waals surface area contributed by atoms with Crippen molar-refractivity contribution in [2.45, 2.75) is 32.0 Å². The van der Waals surface area contributed by atoms with Gasteiger partial charge in [0.05, 0.1) is 19.8 Å². The van der Waals surface area contributed by atoms with E-state index in [1.165, 1.54) is 4.57 Å². The van der Waals surface area contributed by atoms with Gasteiger partial charge in [-0.1, -0.05) is 35.9 Å². The molecule has 2 atom stereocenters. The van der Waals surface area contributed by atoms with Crippen LogP contribution >= 0.6 is 11.6 Å². The summed E-state index contributed by atoms with van der Waals surface area (Å²) >= 11 is 6.14. The number of fused-ring (bicyclic) bond motifs is 1. The quantitative estimate of drug-likeness (QED) is 0.254. The topological polar surface area (TPSA) is 124 Å². The maximum atomic E-state index is 13.2. The van der Waals surface area contributed by atoms with Gasteiger partial charge in [0.25, 0.3) is 5.56 Å². The first kappa shape index (κ1) is 29.5. The third-order valence-corrected chi connectivity index (χ3v) is 8.73. The summed E-state index contributed by atoms with van der Waals surface area (Å²) in [5.41, 5.74) is 5.56. The zero-order chi connectivity index (χ0) is 31.1. The highest BCUT2D eigenvalue weighted by Crippen LogP contribution is 2.41. The van der Waals surface area contributed by atoms with Gasteiger partial charge in [0, 0.05) is 73.0 Å². The normalized spacial score (nSPS) is 19.3. The Morgan fingerprint density at radius 1 is 1.07 bits per heavy atom. The van der Waals surface area contributed by atoms with E-state index in [1.54, 1.807) is 36.5 Å². The van der Waals surface area contributed by atoms with E-state index in [1.807, 2.05) is 42.5 Å². The van der Waals surface area contributed by atoms with E-state index in [2.05, 4.69) is 20.5 Å². The van der Waals surface area contributed by atoms with Gasteiger partial charge in [0.2, 0.25) is 0 Å². The lowest BCUT2D eigenvalue weighted by atomic mass is 9.99. The molecule has 11 nitrogen and oxygen atoms in total. The Labute approximate surface area is 265 Å². The van der Waals surface area contributed by atoms with E-state index >= 15 is 0 Å². The van der Waals surface area contributed by atoms with E-state index < -0.39 is 0 Å². The Hall–Kier alpha value is -4.26. The first-order valence-corrected chi connectivity index (χ1v) is 15.2. The van der Waals surface area contributed by atoms with Crippen LogP contribution in [0.5, 0.6) is 0 Å². The van der Waals surface area contributed by atoms with Crippen LogP contribution in [0.3, 0.4) is 0 Å². The van der Waals surface area contributed by atoms with Crippen LogP contribution in [-0.4, -0.2) is 63.0 Å². The second-order valence-electron chi connectivity index (χ2n) is 11.4. The van der Waals surface area contributed by atoms with Crippen LogP contribution in [-0.2, 0) is 36.2 Å². The maximum Gasteiger partial charge on any atom is 0.322 e. The van der Waals surface area contributed by atoms with Crippen LogP contribution in [0.15, 0.2) is 71.8 Å². The molecule has 0 spiro atoms. The Bertz CT molecular complexity index is 1810. The fourth-order valence-corrected chi connectivity index (χ4v) is 6.23. The number of morpholine rings is 1. The number of pyridine rings is 2. The number of rotatable bonds is 7. The summed E-state index contributed by atoms with van der Waals surface area (Å²) in [5.74, 6) is 0.521. The molecule has 2 saturated heterocycles. The Kier molecular flexibility index (Phi) is 8.03. The van der Waals surface area contributed by atoms with Gasteiger partial charge in [0.1, 0.15) is 23.8 Å². The van der Waals surface area contributed by atoms with Gasteiger partial charge in [-0.2, -0.15) is 0 Å². The predicted molar refractivity (Wildman–Crippen MR) is 170 cm³/mol. The summed E-state index contributed by atoms with van der Waals surface area (Å²) in [4.78, 5) is 34.9. The number of ether oxygens (including phenoxy) is 2. The lowest BCUT2D eigenvalue weighted by molar-refractivity contribution is 0.0162. The molecule has 12 heteroatoms. The van der Waals surface area contributed by atoms with Crippen LogP contribution < -0.4 is 16.2 Å². The van der Waals surface area contributed by atoms with Crippen molar-refractivity contribution in [3.8, 4) is 11.1 Å². The number of halogens is 1. The van der Waals surface area contributed by atoms with Crippen molar-refractivity contribution in [2.75, 3.05) is 36.9 Å². The van der Waals surface area contributed by atoms with Crippen molar-refractivity contribution < 1.29 is 19.4 Å². The van der Waals surface area contributed by atoms with Gasteiger partial charge in [-0.05, 0) is 47.0 Å². The number of hydrogen-bond donors (Lipinski definition) is 3. The molecular weight excluding hydrogens is 596 g/mol. The molecule has 0 radical (unpaired) electrons. The van der Waals surface area contributed by atoms with Crippen LogP contribution in [0.1, 0.15) is 28.4 Å². The number of aryl methyl sites for hydroxylation is 1. The molecule has 3 aliphatic heterocycles. The molecule has 4 aromatic rings. The van der Waals surface area contributed by atoms with Gasteiger partial charge in [-0.15, -0.1) is 0 Å². The molecule has 3 aliphatic rings. The lowest BCUT2D eigenvalue weighted by Crippen LogP contribution is -2.38. The standard InChI is InChI=1S/C33H33ClN6O5/c1-38-16-23(14-28(31(38)42)36-29-8-6-20(15-35-29)30-32(45-30)39-9-11-44-12-10-39)25-3-2-4-27(26(25)19-41)37-33(43)40-17-21-5-7-24(34)13-22(21)18-40/h2-8,13-16,30,32,41H,9-12,17-19H2,1H3,(H,35,36)(H,37,43). The molecule has 2 unspecified atom stereocenters. The molecular formula is C33H33ClN6O5. The molecule has 45 heavy (non-hydrogen) atoms. The first-order chi connectivity index (χ1) is 21.9. The minimum Gasteiger partial charge on any atom is -0.392 e. The average Bonchev–Trinajstić information content (AvgIpc) is 3.75. The van der Waals surface area contributed by atoms with Crippen LogP contribution in [0.2, 0.25) is 5.02 Å². The van der Waals surface area contributed by atoms with Gasteiger partial charge in [-0.25, -0.2) is 9.78 Å². The van der Waals surface area contributed by atoms with Gasteiger partial charge < -0.3 is 34.7 Å². The predicted octanol–water partition coefficient (Wildman–Crippen LogP) is 4.61. The molecule has 0 aliphatic carbocycles. The number of aromatic nitrogens is 2. The second kappa shape index (κ2) is 12.3. The van der Waals surface area contributed by atoms with Gasteiger partial charge >= 0.3 is 6.03 Å². The number of carbonyl (C=O) groups is 1. The molecule has 2 fully saturated rings. The van der Waals surface area contributed by atoms with E-state index in [0.29, 0.717) is 65.2 Å². The van der Waals surface area contributed by atoms with Crippen molar-refractivity contribution in [1.82, 2.24) is 19.4 Å². The number of epoxide rings is 1. The lowest BCUT2D eigenvalue weighted by Gasteiger charge is -2.24. The van der Waals surface area contributed by atoms with E-state index in [9.17, 15) is 14.7 Å². The number of urea groups is 1. The first-order valence-electron chi connectivity index (χ1n) is 14.8. The van der Waals surface area contributed by atoms with Gasteiger partial charge in [0.15, 0.2) is 0 Å². The third kappa shape index (κ3) is 6.05. The molecule has 0 saturated carbocycles. The van der Waals surface area contributed by atoms with Crippen LogP contribution in [0, 0.1) is 0 Å². The second-order valence-corrected chi connectivity index (χ2v) is 11.9. The number of carbonyl (C=O) groups excluding carboxylic acids is 1. The van der Waals surface area contributed by atoms with Crippen molar-refractivity contribution >= 4 is 34.8 Å². The minimum atomic E-state index is -0.315. The zero-order valence-electron chi connectivity index (χ0n) is 24.7. The Morgan fingerprint density at radius 2 is 1.89 bits per heavy atom. The molecule has 7 rings (SSSR count). The fraction of sp³-hybridized carbons (Fsp3) is 0.303. The zero-order valence-corrected chi connectivity index (χ0v) is 25.5. The molecule has 5 heterocycles. The number of hydrogen-bond acceptors (Lipinski definition) is 8. The summed E-state index contributed by atoms with van der Waals surface area (Å²) in [5, 5.41) is 17.2. The number of anilines is 3. The number of nitrogens with zero attached hydrogens (tertiary/aromatic N) is 4. The molecule has 2 aromatic heterocycles. The molecule has 3 N–H and O–H groups in total. The molecule has 2 aromatic carbocycles. The summed E-state index contributed by atoms with van der Waals surface area (Å²) in [7, 11) is 1.67. The molecule has 232 valence electrons. The highest BCUT2D eigenvalue weighted by atomic mass is 35.5. The minimum absolute atomic E-state index is 0.0233. The highest BCUT2D eigenvalue weighted by molar-refractivity contribution is 6.30. The van der Waals surface area contributed by atoms with Crippen molar-refractivity contribution in [1.29, 1.82) is 0 Å². The largest absolute Gasteiger partial charge is 0.392 e. The summed E-state index contributed by atoms with van der Waals surface area (Å²) in [6, 6.07) is 16.3. The summed E-state index contributed by atoms with van der Waals surface area (Å²) in [6.45, 7) is 3.73. The maximum absolute atomic E-state index is 13.2. The molecule has 0 bridgehead atoms. The SMILES string of the molecule is Cn1cc(-c2cccc(NC(=O)N3Cc4ccc(Cl)cc4C3)c2CO)cc(Nc2ccc(C3OC3N3CCOCC3)cn2)c1=O. The van der Waals surface area contributed by atoms with Crippen molar-refractivity contribution in [3.63, 3.8) is 0 Å². The van der Waals surface area contributed by atoms with Crippen molar-refractivity contribution in [2.24, 2.45) is 7.05 Å². The monoisotopic (exact) mass is 628 g/mol. The fourth-order valence-electron chi connectivity index (χ4n) is 6.04. The van der Waals surface area contributed by atoms with E-state index in [-0.39, 0.29) is 30.5 Å². The van der Waals surface area contributed by atoms with Crippen LogP contribution in [0.4, 0.5) is 22.0 Å². The smallest absolute Gasteiger partial charge is 0.322 e. The Morgan fingerprint density at radius 3 is 2.67 bits per heavy atom. The van der Waals surface area contributed by atoms with E-state index in [0.717, 1.165) is 29.8 Å². The number of benzene rings is 2. The van der Waals surface area contributed by atoms with Crippen molar-refractivity contribution in [3.05, 3.63) is 105 Å². The summed E-state index contributed by atoms with van der Waals surface area (Å²) < 4.78 is 12.8. The van der Waals surface area contributed by atoms with Crippen LogP contribution in [0.25, 0.3) is 11.1 Å². The number of aliphatic hydroxyl groups is 1. The molecule has 2 amide bonds. The third-order valence-electron chi connectivity index (χ3n) is 8.50. The number of aliphatic hydroxyl groups excluding tert-OH is 1. The highest BCUT2D eigenvalue weighted by Gasteiger charge is 2.45. The Balaban J connectivity index is 1.08. The van der Waals surface area contributed by atoms with E-state index in [4.69, 9.17) is 21.1 Å². The number of amides is 2. The number of nitrogens with one attached hydrogen (secondary N) is 2. The van der Waals surface area contributed by atoms with Gasteiger partial charge in [-0.3, -0.25) is 9.69 Å². The summed E-state index contributed by atoms with van der Waals surface area (Å²) in [6.07, 6.45) is 3.50. The average molecular weight is 629 g/mol.